The van der Waals surface area contributed by atoms with E-state index in [4.69, 9.17) is 0 Å². The Hall–Kier alpha value is -2.22. The van der Waals surface area contributed by atoms with E-state index in [0.29, 0.717) is 0 Å². The fourth-order valence-electron chi connectivity index (χ4n) is 1.94. The normalized spacial score (nSPS) is 11.9. The number of carbonyl (C=O) groups is 1. The number of halogens is 2. The van der Waals surface area contributed by atoms with Gasteiger partial charge in [-0.1, -0.05) is 0 Å². The predicted molar refractivity (Wildman–Crippen MR) is 83.4 cm³/mol. The average Bonchev–Trinajstić information content (AvgIpc) is 2.90. The third kappa shape index (κ3) is 3.70. The van der Waals surface area contributed by atoms with E-state index in [9.17, 15) is 13.6 Å². The van der Waals surface area contributed by atoms with E-state index < -0.39 is 17.7 Å². The number of hydrogen-bond acceptors (Lipinski definition) is 4. The zero-order chi connectivity index (χ0) is 16.3. The SMILES string of the molecule is C[C@H](NC(=O)Nc1cc(F)c(N(C)C)c(F)c1)c1nccs1. The Bertz CT molecular complexity index is 638. The van der Waals surface area contributed by atoms with Crippen LogP contribution in [0.3, 0.4) is 0 Å². The number of hydrogen-bond donors (Lipinski definition) is 2. The lowest BCUT2D eigenvalue weighted by Gasteiger charge is -2.16. The van der Waals surface area contributed by atoms with E-state index in [-0.39, 0.29) is 17.4 Å². The molecule has 1 atom stereocenters. The maximum absolute atomic E-state index is 13.8. The van der Waals surface area contributed by atoms with Gasteiger partial charge in [0.05, 0.1) is 6.04 Å². The highest BCUT2D eigenvalue weighted by Gasteiger charge is 2.16. The van der Waals surface area contributed by atoms with Crippen molar-refractivity contribution in [1.29, 1.82) is 0 Å². The topological polar surface area (TPSA) is 57.3 Å². The first-order valence-corrected chi connectivity index (χ1v) is 7.39. The summed E-state index contributed by atoms with van der Waals surface area (Å²) in [6.45, 7) is 1.77. The van der Waals surface area contributed by atoms with Gasteiger partial charge < -0.3 is 15.5 Å². The summed E-state index contributed by atoms with van der Waals surface area (Å²) in [5, 5.41) is 7.61. The number of urea groups is 1. The number of aromatic nitrogens is 1. The third-order valence-electron chi connectivity index (χ3n) is 2.89. The van der Waals surface area contributed by atoms with Crippen LogP contribution in [0, 0.1) is 11.6 Å². The Labute approximate surface area is 131 Å². The Morgan fingerprint density at radius 1 is 1.32 bits per heavy atom. The second-order valence-corrected chi connectivity index (χ2v) is 5.80. The number of carbonyl (C=O) groups excluding carboxylic acids is 1. The molecule has 0 radical (unpaired) electrons. The van der Waals surface area contributed by atoms with Gasteiger partial charge in [-0.3, -0.25) is 0 Å². The van der Waals surface area contributed by atoms with Crippen molar-refractivity contribution in [3.05, 3.63) is 40.4 Å². The minimum Gasteiger partial charge on any atom is -0.373 e. The number of benzene rings is 1. The van der Waals surface area contributed by atoms with Gasteiger partial charge in [0, 0.05) is 31.4 Å². The van der Waals surface area contributed by atoms with Crippen LogP contribution >= 0.6 is 11.3 Å². The van der Waals surface area contributed by atoms with Crippen LogP contribution < -0.4 is 15.5 Å². The molecule has 1 heterocycles. The molecule has 0 aliphatic rings. The fraction of sp³-hybridized carbons (Fsp3) is 0.286. The summed E-state index contributed by atoms with van der Waals surface area (Å²) in [6, 6.07) is 1.30. The van der Waals surface area contributed by atoms with Crippen molar-refractivity contribution in [3.8, 4) is 0 Å². The molecule has 5 nitrogen and oxygen atoms in total. The molecule has 2 aromatic rings. The van der Waals surface area contributed by atoms with Crippen LogP contribution in [0.15, 0.2) is 23.7 Å². The lowest BCUT2D eigenvalue weighted by Crippen LogP contribution is -2.31. The van der Waals surface area contributed by atoms with Crippen molar-refractivity contribution < 1.29 is 13.6 Å². The number of rotatable bonds is 4. The Balaban J connectivity index is 2.06. The molecule has 1 aromatic carbocycles. The fourth-order valence-corrected chi connectivity index (χ4v) is 2.58. The van der Waals surface area contributed by atoms with E-state index >= 15 is 0 Å². The van der Waals surface area contributed by atoms with Crippen LogP contribution in [0.1, 0.15) is 18.0 Å². The van der Waals surface area contributed by atoms with Gasteiger partial charge >= 0.3 is 6.03 Å². The molecule has 2 rings (SSSR count). The average molecular weight is 326 g/mol. The van der Waals surface area contributed by atoms with Crippen molar-refractivity contribution in [2.45, 2.75) is 13.0 Å². The van der Waals surface area contributed by atoms with Gasteiger partial charge in [0.1, 0.15) is 10.7 Å². The molecule has 0 aliphatic carbocycles. The van der Waals surface area contributed by atoms with Crippen molar-refractivity contribution >= 4 is 28.7 Å². The van der Waals surface area contributed by atoms with Gasteiger partial charge in [-0.25, -0.2) is 18.6 Å². The molecular weight excluding hydrogens is 310 g/mol. The molecule has 8 heteroatoms. The highest BCUT2D eigenvalue weighted by atomic mass is 32.1. The molecule has 0 fully saturated rings. The second kappa shape index (κ2) is 6.69. The highest BCUT2D eigenvalue weighted by molar-refractivity contribution is 7.09. The van der Waals surface area contributed by atoms with Crippen molar-refractivity contribution in [3.63, 3.8) is 0 Å². The van der Waals surface area contributed by atoms with Crippen LogP contribution in [0.25, 0.3) is 0 Å². The first kappa shape index (κ1) is 16.2. The first-order valence-electron chi connectivity index (χ1n) is 6.51. The Morgan fingerprint density at radius 2 is 1.95 bits per heavy atom. The van der Waals surface area contributed by atoms with Gasteiger partial charge in [0.15, 0.2) is 11.6 Å². The molecule has 2 amide bonds. The Morgan fingerprint density at radius 3 is 2.45 bits per heavy atom. The van der Waals surface area contributed by atoms with Crippen molar-refractivity contribution in [2.24, 2.45) is 0 Å². The molecule has 0 unspecified atom stereocenters. The van der Waals surface area contributed by atoms with Crippen LogP contribution in [0.2, 0.25) is 0 Å². The zero-order valence-electron chi connectivity index (χ0n) is 12.4. The second-order valence-electron chi connectivity index (χ2n) is 4.87. The molecule has 0 saturated heterocycles. The van der Waals surface area contributed by atoms with Crippen molar-refractivity contribution in [2.75, 3.05) is 24.3 Å². The van der Waals surface area contributed by atoms with Crippen molar-refractivity contribution in [1.82, 2.24) is 10.3 Å². The summed E-state index contributed by atoms with van der Waals surface area (Å²) in [5.74, 6) is -1.48. The number of amides is 2. The quantitative estimate of drug-likeness (QED) is 0.906. The Kier molecular flexibility index (Phi) is 4.92. The molecule has 0 aliphatic heterocycles. The third-order valence-corrected chi connectivity index (χ3v) is 3.85. The van der Waals surface area contributed by atoms with E-state index in [1.165, 1.54) is 30.3 Å². The molecular formula is C14H16F2N4OS. The van der Waals surface area contributed by atoms with Crippen LogP contribution in [0.4, 0.5) is 25.0 Å². The number of thiazole rings is 1. The molecule has 0 spiro atoms. The lowest BCUT2D eigenvalue weighted by atomic mass is 10.2. The molecule has 0 saturated carbocycles. The number of anilines is 2. The largest absolute Gasteiger partial charge is 0.373 e. The van der Waals surface area contributed by atoms with Gasteiger partial charge in [0.2, 0.25) is 0 Å². The number of nitrogens with zero attached hydrogens (tertiary/aromatic N) is 2. The maximum atomic E-state index is 13.8. The summed E-state index contributed by atoms with van der Waals surface area (Å²) in [5.41, 5.74) is -0.105. The van der Waals surface area contributed by atoms with Crippen LogP contribution in [-0.2, 0) is 0 Å². The molecule has 0 bridgehead atoms. The van der Waals surface area contributed by atoms with E-state index in [2.05, 4.69) is 15.6 Å². The van der Waals surface area contributed by atoms with E-state index in [0.717, 1.165) is 17.1 Å². The molecule has 1 aromatic heterocycles. The minimum absolute atomic E-state index is 0.0458. The number of nitrogens with one attached hydrogen (secondary N) is 2. The first-order chi connectivity index (χ1) is 10.4. The summed E-state index contributed by atoms with van der Waals surface area (Å²) in [7, 11) is 3.08. The van der Waals surface area contributed by atoms with Crippen LogP contribution in [-0.4, -0.2) is 25.1 Å². The molecule has 22 heavy (non-hydrogen) atoms. The molecule has 118 valence electrons. The summed E-state index contributed by atoms with van der Waals surface area (Å²) in [6.07, 6.45) is 1.64. The predicted octanol–water partition coefficient (Wildman–Crippen LogP) is 3.37. The summed E-state index contributed by atoms with van der Waals surface area (Å²) in [4.78, 5) is 17.3. The zero-order valence-corrected chi connectivity index (χ0v) is 13.2. The van der Waals surface area contributed by atoms with Gasteiger partial charge in [-0.05, 0) is 19.1 Å². The maximum Gasteiger partial charge on any atom is 0.319 e. The standard InChI is InChI=1S/C14H16F2N4OS/c1-8(13-17-4-5-22-13)18-14(21)19-9-6-10(15)12(20(2)3)11(16)7-9/h4-8H,1-3H3,(H2,18,19,21)/t8-/m0/s1. The van der Waals surface area contributed by atoms with Gasteiger partial charge in [-0.2, -0.15) is 0 Å². The smallest absolute Gasteiger partial charge is 0.319 e. The van der Waals surface area contributed by atoms with Gasteiger partial charge in [-0.15, -0.1) is 11.3 Å². The monoisotopic (exact) mass is 326 g/mol. The van der Waals surface area contributed by atoms with E-state index in [1.54, 1.807) is 18.5 Å². The lowest BCUT2D eigenvalue weighted by molar-refractivity contribution is 0.249. The molecule has 2 N–H and O–H groups in total. The minimum atomic E-state index is -0.742. The van der Waals surface area contributed by atoms with Crippen LogP contribution in [0.5, 0.6) is 0 Å². The van der Waals surface area contributed by atoms with Gasteiger partial charge in [0.25, 0.3) is 0 Å². The highest BCUT2D eigenvalue weighted by Crippen LogP contribution is 2.25. The van der Waals surface area contributed by atoms with E-state index in [1.807, 2.05) is 0 Å². The summed E-state index contributed by atoms with van der Waals surface area (Å²) >= 11 is 1.41. The summed E-state index contributed by atoms with van der Waals surface area (Å²) < 4.78 is 27.7.